The molecule has 0 spiro atoms. The zero-order chi connectivity index (χ0) is 16.1. The Bertz CT molecular complexity index is 529. The first-order valence-corrected chi connectivity index (χ1v) is 8.12. The van der Waals surface area contributed by atoms with Crippen molar-refractivity contribution in [3.05, 3.63) is 34.9 Å². The molecule has 1 N–H and O–H groups in total. The third-order valence-electron chi connectivity index (χ3n) is 4.17. The van der Waals surface area contributed by atoms with Crippen molar-refractivity contribution in [1.29, 1.82) is 0 Å². The summed E-state index contributed by atoms with van der Waals surface area (Å²) in [4.78, 5) is 24.2. The Morgan fingerprint density at radius 1 is 1.23 bits per heavy atom. The Labute approximate surface area is 136 Å². The van der Waals surface area contributed by atoms with E-state index in [0.29, 0.717) is 16.5 Å². The van der Waals surface area contributed by atoms with Gasteiger partial charge in [-0.1, -0.05) is 31.4 Å². The molecule has 1 fully saturated rings. The predicted octanol–water partition coefficient (Wildman–Crippen LogP) is 3.58. The summed E-state index contributed by atoms with van der Waals surface area (Å²) in [6.45, 7) is 3.74. The fourth-order valence-electron chi connectivity index (χ4n) is 2.70. The molecule has 0 heterocycles. The molecule has 0 aliphatic heterocycles. The zero-order valence-electron chi connectivity index (χ0n) is 13.0. The van der Waals surface area contributed by atoms with Crippen molar-refractivity contribution in [3.63, 3.8) is 0 Å². The van der Waals surface area contributed by atoms with E-state index in [1.165, 1.54) is 6.42 Å². The summed E-state index contributed by atoms with van der Waals surface area (Å²) in [6, 6.07) is 6.58. The van der Waals surface area contributed by atoms with Gasteiger partial charge in [-0.05, 0) is 49.9 Å². The van der Waals surface area contributed by atoms with Gasteiger partial charge in [-0.3, -0.25) is 4.79 Å². The maximum Gasteiger partial charge on any atom is 0.338 e. The lowest BCUT2D eigenvalue weighted by atomic mass is 9.86. The van der Waals surface area contributed by atoms with Gasteiger partial charge < -0.3 is 10.1 Å². The van der Waals surface area contributed by atoms with Crippen LogP contribution in [0.4, 0.5) is 0 Å². The number of amides is 1. The van der Waals surface area contributed by atoms with Crippen molar-refractivity contribution in [2.75, 3.05) is 0 Å². The first-order valence-electron chi connectivity index (χ1n) is 7.74. The molecule has 1 aliphatic carbocycles. The monoisotopic (exact) mass is 323 g/mol. The lowest BCUT2D eigenvalue weighted by Gasteiger charge is -2.30. The van der Waals surface area contributed by atoms with Gasteiger partial charge in [-0.2, -0.15) is 0 Å². The molecule has 1 aliphatic rings. The number of carbonyl (C=O) groups excluding carboxylic acids is 2. The number of esters is 1. The van der Waals surface area contributed by atoms with Crippen molar-refractivity contribution >= 4 is 23.5 Å². The second kappa shape index (κ2) is 7.63. The maximum atomic E-state index is 12.2. The number of nitrogens with one attached hydrogen (secondary N) is 1. The van der Waals surface area contributed by atoms with Gasteiger partial charge in [0.25, 0.3) is 5.91 Å². The van der Waals surface area contributed by atoms with Crippen LogP contribution in [0.5, 0.6) is 0 Å². The number of benzene rings is 1. The minimum absolute atomic E-state index is 0.179. The lowest BCUT2D eigenvalue weighted by molar-refractivity contribution is -0.130. The van der Waals surface area contributed by atoms with Crippen LogP contribution in [0.15, 0.2) is 24.3 Å². The third-order valence-corrected chi connectivity index (χ3v) is 4.42. The number of halogens is 1. The summed E-state index contributed by atoms with van der Waals surface area (Å²) in [5, 5.41) is 3.55. The van der Waals surface area contributed by atoms with Crippen molar-refractivity contribution in [2.45, 2.75) is 51.7 Å². The van der Waals surface area contributed by atoms with E-state index in [-0.39, 0.29) is 11.9 Å². The van der Waals surface area contributed by atoms with Gasteiger partial charge in [0.2, 0.25) is 0 Å². The van der Waals surface area contributed by atoms with E-state index in [9.17, 15) is 9.59 Å². The molecule has 1 amide bonds. The van der Waals surface area contributed by atoms with Gasteiger partial charge in [0.15, 0.2) is 6.10 Å². The van der Waals surface area contributed by atoms with E-state index >= 15 is 0 Å². The van der Waals surface area contributed by atoms with Gasteiger partial charge in [0.05, 0.1) is 5.56 Å². The topological polar surface area (TPSA) is 55.4 Å². The molecule has 0 bridgehead atoms. The summed E-state index contributed by atoms with van der Waals surface area (Å²) >= 11 is 5.78. The van der Waals surface area contributed by atoms with Crippen molar-refractivity contribution in [3.8, 4) is 0 Å². The highest BCUT2D eigenvalue weighted by atomic mass is 35.5. The lowest BCUT2D eigenvalue weighted by Crippen LogP contribution is -2.45. The highest BCUT2D eigenvalue weighted by Gasteiger charge is 2.26. The van der Waals surface area contributed by atoms with E-state index in [2.05, 4.69) is 12.2 Å². The molecule has 0 unspecified atom stereocenters. The van der Waals surface area contributed by atoms with Crippen LogP contribution < -0.4 is 5.32 Å². The summed E-state index contributed by atoms with van der Waals surface area (Å²) in [7, 11) is 0. The van der Waals surface area contributed by atoms with E-state index in [0.717, 1.165) is 19.3 Å². The minimum Gasteiger partial charge on any atom is -0.449 e. The van der Waals surface area contributed by atoms with Crippen LogP contribution in [0, 0.1) is 5.92 Å². The molecular formula is C17H22ClNO3. The molecule has 2 rings (SSSR count). The van der Waals surface area contributed by atoms with E-state index in [1.54, 1.807) is 31.2 Å². The fraction of sp³-hybridized carbons (Fsp3) is 0.529. The SMILES string of the molecule is C[C@@H](OC(=O)c1ccc(Cl)cc1)C(=O)N[C@@H]1CCCC[C@@H]1C. The molecule has 5 heteroatoms. The van der Waals surface area contributed by atoms with Gasteiger partial charge in [-0.25, -0.2) is 4.79 Å². The average molecular weight is 324 g/mol. The first-order chi connectivity index (χ1) is 10.5. The molecule has 0 radical (unpaired) electrons. The Morgan fingerprint density at radius 3 is 2.50 bits per heavy atom. The molecule has 1 aromatic rings. The van der Waals surface area contributed by atoms with Crippen LogP contribution in [-0.4, -0.2) is 24.0 Å². The smallest absolute Gasteiger partial charge is 0.338 e. The highest BCUT2D eigenvalue weighted by molar-refractivity contribution is 6.30. The standard InChI is InChI=1S/C17H22ClNO3/c1-11-5-3-4-6-15(11)19-16(20)12(2)22-17(21)13-7-9-14(18)10-8-13/h7-12,15H,3-6H2,1-2H3,(H,19,20)/t11-,12+,15+/m0/s1. The summed E-state index contributed by atoms with van der Waals surface area (Å²) in [5.74, 6) is -0.283. The minimum atomic E-state index is -0.808. The normalized spacial score (nSPS) is 22.7. The molecule has 120 valence electrons. The number of ether oxygens (including phenoxy) is 1. The van der Waals surface area contributed by atoms with Gasteiger partial charge >= 0.3 is 5.97 Å². The van der Waals surface area contributed by atoms with Crippen molar-refractivity contribution in [1.82, 2.24) is 5.32 Å². The van der Waals surface area contributed by atoms with Crippen LogP contribution in [0.2, 0.25) is 5.02 Å². The van der Waals surface area contributed by atoms with Crippen LogP contribution in [-0.2, 0) is 9.53 Å². The summed E-state index contributed by atoms with van der Waals surface area (Å²) in [5.41, 5.74) is 0.384. The second-order valence-corrected chi connectivity index (χ2v) is 6.37. The Kier molecular flexibility index (Phi) is 5.83. The van der Waals surface area contributed by atoms with Crippen molar-refractivity contribution < 1.29 is 14.3 Å². The molecule has 4 nitrogen and oxygen atoms in total. The van der Waals surface area contributed by atoms with Crippen LogP contribution in [0.25, 0.3) is 0 Å². The third kappa shape index (κ3) is 4.47. The van der Waals surface area contributed by atoms with E-state index < -0.39 is 12.1 Å². The molecule has 0 aromatic heterocycles. The Morgan fingerprint density at radius 2 is 1.86 bits per heavy atom. The van der Waals surface area contributed by atoms with E-state index in [1.807, 2.05) is 0 Å². The number of hydrogen-bond acceptors (Lipinski definition) is 3. The quantitative estimate of drug-likeness (QED) is 0.862. The van der Waals surface area contributed by atoms with Gasteiger partial charge in [0.1, 0.15) is 0 Å². The van der Waals surface area contributed by atoms with Crippen LogP contribution in [0.3, 0.4) is 0 Å². The summed E-state index contributed by atoms with van der Waals surface area (Å²) < 4.78 is 5.22. The van der Waals surface area contributed by atoms with E-state index in [4.69, 9.17) is 16.3 Å². The Balaban J connectivity index is 1.87. The highest BCUT2D eigenvalue weighted by Crippen LogP contribution is 2.23. The molecule has 0 saturated heterocycles. The Hall–Kier alpha value is -1.55. The number of hydrogen-bond donors (Lipinski definition) is 1. The molecular weight excluding hydrogens is 302 g/mol. The van der Waals surface area contributed by atoms with Gasteiger partial charge in [0, 0.05) is 11.1 Å². The second-order valence-electron chi connectivity index (χ2n) is 5.93. The largest absolute Gasteiger partial charge is 0.449 e. The first kappa shape index (κ1) is 16.8. The summed E-state index contributed by atoms with van der Waals surface area (Å²) in [6.07, 6.45) is 3.66. The molecule has 1 aromatic carbocycles. The number of carbonyl (C=O) groups is 2. The molecule has 22 heavy (non-hydrogen) atoms. The number of rotatable bonds is 4. The van der Waals surface area contributed by atoms with Crippen LogP contribution >= 0.6 is 11.6 Å². The van der Waals surface area contributed by atoms with Gasteiger partial charge in [-0.15, -0.1) is 0 Å². The predicted molar refractivity (Wildman–Crippen MR) is 85.9 cm³/mol. The maximum absolute atomic E-state index is 12.2. The van der Waals surface area contributed by atoms with Crippen molar-refractivity contribution in [2.24, 2.45) is 5.92 Å². The zero-order valence-corrected chi connectivity index (χ0v) is 13.7. The van der Waals surface area contributed by atoms with Crippen LogP contribution in [0.1, 0.15) is 49.9 Å². The fourth-order valence-corrected chi connectivity index (χ4v) is 2.82. The molecule has 3 atom stereocenters. The molecule has 1 saturated carbocycles. The average Bonchev–Trinajstić information content (AvgIpc) is 2.50.